The summed E-state index contributed by atoms with van der Waals surface area (Å²) >= 11 is 0. The highest BCUT2D eigenvalue weighted by atomic mass is 16.2. The van der Waals surface area contributed by atoms with Crippen LogP contribution >= 0.6 is 0 Å². The van der Waals surface area contributed by atoms with Gasteiger partial charge in [0.25, 0.3) is 0 Å². The van der Waals surface area contributed by atoms with Gasteiger partial charge in [-0.3, -0.25) is 19.5 Å². The standard InChI is InChI=1S/C17H24N4O2/c1-13-6-8-14(9-7-13)12-20-17(18-2)19-10-11-21-15(22)4-3-5-16(21)23/h6-9H,3-5,10-12H2,1-2H3,(H2,18,19,20). The fraction of sp³-hybridized carbons (Fsp3) is 0.471. The van der Waals surface area contributed by atoms with E-state index in [0.717, 1.165) is 0 Å². The quantitative estimate of drug-likeness (QED) is 0.486. The molecule has 0 unspecified atom stereocenters. The number of piperidine rings is 1. The van der Waals surface area contributed by atoms with Gasteiger partial charge in [-0.05, 0) is 18.9 Å². The molecule has 6 heteroatoms. The first-order valence-electron chi connectivity index (χ1n) is 7.93. The molecule has 1 aliphatic rings. The first kappa shape index (κ1) is 17.0. The average Bonchev–Trinajstić information content (AvgIpc) is 2.54. The highest BCUT2D eigenvalue weighted by Crippen LogP contribution is 2.11. The van der Waals surface area contributed by atoms with Crippen LogP contribution in [-0.2, 0) is 16.1 Å². The number of nitrogens with one attached hydrogen (secondary N) is 2. The monoisotopic (exact) mass is 316 g/mol. The minimum Gasteiger partial charge on any atom is -0.355 e. The molecule has 0 aliphatic carbocycles. The van der Waals surface area contributed by atoms with Gasteiger partial charge in [0.2, 0.25) is 11.8 Å². The number of carbonyl (C=O) groups is 2. The van der Waals surface area contributed by atoms with Crippen molar-refractivity contribution in [1.82, 2.24) is 15.5 Å². The molecule has 1 aromatic rings. The fourth-order valence-electron chi connectivity index (χ4n) is 2.45. The van der Waals surface area contributed by atoms with Gasteiger partial charge in [-0.25, -0.2) is 0 Å². The van der Waals surface area contributed by atoms with Crippen molar-refractivity contribution in [2.45, 2.75) is 32.7 Å². The Morgan fingerprint density at radius 3 is 2.39 bits per heavy atom. The number of hydrogen-bond acceptors (Lipinski definition) is 3. The number of nitrogens with zero attached hydrogens (tertiary/aromatic N) is 2. The predicted octanol–water partition coefficient (Wildman–Crippen LogP) is 1.20. The van der Waals surface area contributed by atoms with E-state index in [9.17, 15) is 9.59 Å². The lowest BCUT2D eigenvalue weighted by molar-refractivity contribution is -0.147. The Hall–Kier alpha value is -2.37. The second-order valence-corrected chi connectivity index (χ2v) is 5.63. The molecule has 0 bridgehead atoms. The number of hydrogen-bond donors (Lipinski definition) is 2. The van der Waals surface area contributed by atoms with Gasteiger partial charge in [0.05, 0.1) is 0 Å². The van der Waals surface area contributed by atoms with Crippen LogP contribution in [0.15, 0.2) is 29.3 Å². The van der Waals surface area contributed by atoms with E-state index in [1.807, 2.05) is 0 Å². The first-order chi connectivity index (χ1) is 11.1. The third kappa shape index (κ3) is 5.09. The minimum atomic E-state index is -0.0781. The lowest BCUT2D eigenvalue weighted by atomic mass is 10.1. The summed E-state index contributed by atoms with van der Waals surface area (Å²) in [5.74, 6) is 0.499. The molecule has 2 amide bonds. The topological polar surface area (TPSA) is 73.8 Å². The number of aliphatic imine (C=N–C) groups is 1. The van der Waals surface area contributed by atoms with Crippen LogP contribution in [0.3, 0.4) is 0 Å². The Labute approximate surface area is 137 Å². The van der Waals surface area contributed by atoms with Crippen LogP contribution in [0.4, 0.5) is 0 Å². The van der Waals surface area contributed by atoms with Crippen molar-refractivity contribution < 1.29 is 9.59 Å². The molecular formula is C17H24N4O2. The SMILES string of the molecule is CN=C(NCCN1C(=O)CCCC1=O)NCc1ccc(C)cc1. The summed E-state index contributed by atoms with van der Waals surface area (Å²) in [6, 6.07) is 8.28. The zero-order chi connectivity index (χ0) is 16.7. The van der Waals surface area contributed by atoms with Crippen molar-refractivity contribution in [1.29, 1.82) is 0 Å². The molecule has 2 N–H and O–H groups in total. The molecule has 2 rings (SSSR count). The van der Waals surface area contributed by atoms with E-state index in [4.69, 9.17) is 0 Å². The highest BCUT2D eigenvalue weighted by molar-refractivity contribution is 5.97. The molecule has 23 heavy (non-hydrogen) atoms. The van der Waals surface area contributed by atoms with E-state index in [0.29, 0.717) is 44.9 Å². The second-order valence-electron chi connectivity index (χ2n) is 5.63. The summed E-state index contributed by atoms with van der Waals surface area (Å²) in [6.45, 7) is 3.59. The number of carbonyl (C=O) groups excluding carboxylic acids is 2. The summed E-state index contributed by atoms with van der Waals surface area (Å²) in [4.78, 5) is 28.9. The lowest BCUT2D eigenvalue weighted by Crippen LogP contribution is -2.46. The zero-order valence-electron chi connectivity index (χ0n) is 13.8. The normalized spacial score (nSPS) is 15.7. The number of aryl methyl sites for hydroxylation is 1. The number of guanidine groups is 1. The molecular weight excluding hydrogens is 292 g/mol. The number of likely N-dealkylation sites (tertiary alicyclic amines) is 1. The molecule has 6 nitrogen and oxygen atoms in total. The van der Waals surface area contributed by atoms with Gasteiger partial charge in [0, 0.05) is 39.5 Å². The number of rotatable bonds is 5. The summed E-state index contributed by atoms with van der Waals surface area (Å²) in [5, 5.41) is 6.35. The number of benzene rings is 1. The highest BCUT2D eigenvalue weighted by Gasteiger charge is 2.25. The van der Waals surface area contributed by atoms with E-state index >= 15 is 0 Å². The van der Waals surface area contributed by atoms with Gasteiger partial charge in [-0.15, -0.1) is 0 Å². The van der Waals surface area contributed by atoms with Crippen LogP contribution < -0.4 is 10.6 Å². The van der Waals surface area contributed by atoms with Crippen LogP contribution in [0.5, 0.6) is 0 Å². The Bertz CT molecular complexity index is 565. The maximum Gasteiger partial charge on any atom is 0.229 e. The molecule has 124 valence electrons. The molecule has 0 aromatic heterocycles. The molecule has 0 radical (unpaired) electrons. The van der Waals surface area contributed by atoms with E-state index in [1.165, 1.54) is 16.0 Å². The van der Waals surface area contributed by atoms with Gasteiger partial charge in [0.15, 0.2) is 5.96 Å². The van der Waals surface area contributed by atoms with Crippen molar-refractivity contribution in [3.63, 3.8) is 0 Å². The molecule has 0 saturated carbocycles. The Balaban J connectivity index is 1.75. The molecule has 1 heterocycles. The molecule has 0 spiro atoms. The Morgan fingerprint density at radius 2 is 1.78 bits per heavy atom. The van der Waals surface area contributed by atoms with Crippen LogP contribution in [0.25, 0.3) is 0 Å². The van der Waals surface area contributed by atoms with Crippen molar-refractivity contribution in [2.24, 2.45) is 4.99 Å². The second kappa shape index (κ2) is 8.31. The van der Waals surface area contributed by atoms with Crippen LogP contribution in [-0.4, -0.2) is 42.8 Å². The van der Waals surface area contributed by atoms with Gasteiger partial charge in [-0.1, -0.05) is 29.8 Å². The molecule has 1 saturated heterocycles. The zero-order valence-corrected chi connectivity index (χ0v) is 13.8. The average molecular weight is 316 g/mol. The lowest BCUT2D eigenvalue weighted by Gasteiger charge is -2.25. The largest absolute Gasteiger partial charge is 0.355 e. The van der Waals surface area contributed by atoms with Gasteiger partial charge < -0.3 is 10.6 Å². The van der Waals surface area contributed by atoms with Crippen molar-refractivity contribution in [3.8, 4) is 0 Å². The third-order valence-electron chi connectivity index (χ3n) is 3.82. The van der Waals surface area contributed by atoms with Crippen LogP contribution in [0.2, 0.25) is 0 Å². The number of amides is 2. The maximum absolute atomic E-state index is 11.7. The van der Waals surface area contributed by atoms with Gasteiger partial charge in [0.1, 0.15) is 0 Å². The summed E-state index contributed by atoms with van der Waals surface area (Å²) in [6.07, 6.45) is 1.60. The summed E-state index contributed by atoms with van der Waals surface area (Å²) < 4.78 is 0. The predicted molar refractivity (Wildman–Crippen MR) is 90.0 cm³/mol. The molecule has 1 fully saturated rings. The molecule has 0 atom stereocenters. The van der Waals surface area contributed by atoms with Crippen molar-refractivity contribution in [2.75, 3.05) is 20.1 Å². The van der Waals surface area contributed by atoms with Gasteiger partial charge in [-0.2, -0.15) is 0 Å². The van der Waals surface area contributed by atoms with E-state index < -0.39 is 0 Å². The Morgan fingerprint density at radius 1 is 1.13 bits per heavy atom. The molecule has 1 aromatic carbocycles. The van der Waals surface area contributed by atoms with Gasteiger partial charge >= 0.3 is 0 Å². The van der Waals surface area contributed by atoms with Crippen molar-refractivity contribution in [3.05, 3.63) is 35.4 Å². The molecule has 1 aliphatic heterocycles. The third-order valence-corrected chi connectivity index (χ3v) is 3.82. The van der Waals surface area contributed by atoms with E-state index in [2.05, 4.69) is 46.8 Å². The number of imide groups is 1. The van der Waals surface area contributed by atoms with E-state index in [-0.39, 0.29) is 11.8 Å². The Kier molecular flexibility index (Phi) is 6.14. The first-order valence-corrected chi connectivity index (χ1v) is 7.93. The van der Waals surface area contributed by atoms with Crippen molar-refractivity contribution >= 4 is 17.8 Å². The van der Waals surface area contributed by atoms with Crippen LogP contribution in [0, 0.1) is 6.92 Å². The van der Waals surface area contributed by atoms with E-state index in [1.54, 1.807) is 7.05 Å². The van der Waals surface area contributed by atoms with Crippen LogP contribution in [0.1, 0.15) is 30.4 Å². The smallest absolute Gasteiger partial charge is 0.229 e. The summed E-state index contributed by atoms with van der Waals surface area (Å²) in [7, 11) is 1.70. The minimum absolute atomic E-state index is 0.0781. The summed E-state index contributed by atoms with van der Waals surface area (Å²) in [5.41, 5.74) is 2.40. The maximum atomic E-state index is 11.7. The fourth-order valence-corrected chi connectivity index (χ4v) is 2.45.